The van der Waals surface area contributed by atoms with Crippen molar-refractivity contribution in [2.75, 3.05) is 33.5 Å². The predicted octanol–water partition coefficient (Wildman–Crippen LogP) is 1.56. The summed E-state index contributed by atoms with van der Waals surface area (Å²) < 4.78 is 10.4. The quantitative estimate of drug-likeness (QED) is 0.739. The third-order valence-electron chi connectivity index (χ3n) is 3.66. The zero-order valence-corrected chi connectivity index (χ0v) is 12.7. The topological polar surface area (TPSA) is 50.8 Å². The molecule has 0 aliphatic carbocycles. The van der Waals surface area contributed by atoms with Gasteiger partial charge in [-0.3, -0.25) is 10.1 Å². The summed E-state index contributed by atoms with van der Waals surface area (Å²) in [6, 6.07) is 9.62. The second-order valence-electron chi connectivity index (χ2n) is 5.18. The minimum absolute atomic E-state index is 0.0571. The Kier molecular flexibility index (Phi) is 6.17. The SMILES string of the molecule is COCCOCCCN1C(=O)C(c2ccccc2)NC1C. The Morgan fingerprint density at radius 3 is 2.67 bits per heavy atom. The van der Waals surface area contributed by atoms with E-state index in [1.165, 1.54) is 0 Å². The largest absolute Gasteiger partial charge is 0.382 e. The van der Waals surface area contributed by atoms with Gasteiger partial charge in [-0.15, -0.1) is 0 Å². The summed E-state index contributed by atoms with van der Waals surface area (Å²) in [5, 5.41) is 3.35. The number of nitrogens with zero attached hydrogens (tertiary/aromatic N) is 1. The molecule has 5 nitrogen and oxygen atoms in total. The van der Waals surface area contributed by atoms with Crippen LogP contribution in [0.3, 0.4) is 0 Å². The van der Waals surface area contributed by atoms with Crippen LogP contribution in [0.25, 0.3) is 0 Å². The van der Waals surface area contributed by atoms with Crippen LogP contribution in [-0.4, -0.2) is 50.4 Å². The molecule has 2 unspecified atom stereocenters. The van der Waals surface area contributed by atoms with Crippen LogP contribution in [0.15, 0.2) is 30.3 Å². The van der Waals surface area contributed by atoms with Crippen molar-refractivity contribution in [3.05, 3.63) is 35.9 Å². The van der Waals surface area contributed by atoms with Gasteiger partial charge < -0.3 is 14.4 Å². The van der Waals surface area contributed by atoms with Crippen molar-refractivity contribution in [1.82, 2.24) is 10.2 Å². The van der Waals surface area contributed by atoms with E-state index in [-0.39, 0.29) is 18.1 Å². The molecule has 1 aliphatic rings. The highest BCUT2D eigenvalue weighted by molar-refractivity contribution is 5.85. The van der Waals surface area contributed by atoms with Gasteiger partial charge in [-0.05, 0) is 18.9 Å². The van der Waals surface area contributed by atoms with E-state index in [9.17, 15) is 4.79 Å². The van der Waals surface area contributed by atoms with E-state index >= 15 is 0 Å². The maximum atomic E-state index is 12.5. The Morgan fingerprint density at radius 1 is 1.19 bits per heavy atom. The highest BCUT2D eigenvalue weighted by Crippen LogP contribution is 2.23. The zero-order chi connectivity index (χ0) is 15.1. The Hall–Kier alpha value is -1.43. The lowest BCUT2D eigenvalue weighted by atomic mass is 10.1. The summed E-state index contributed by atoms with van der Waals surface area (Å²) in [5.74, 6) is 0.144. The molecule has 0 aromatic heterocycles. The van der Waals surface area contributed by atoms with Gasteiger partial charge in [0.15, 0.2) is 0 Å². The Morgan fingerprint density at radius 2 is 1.95 bits per heavy atom. The number of carbonyl (C=O) groups excluding carboxylic acids is 1. The van der Waals surface area contributed by atoms with Crippen molar-refractivity contribution in [3.63, 3.8) is 0 Å². The molecule has 2 atom stereocenters. The first-order valence-corrected chi connectivity index (χ1v) is 7.42. The number of hydrogen-bond acceptors (Lipinski definition) is 4. The molecule has 0 saturated carbocycles. The van der Waals surface area contributed by atoms with E-state index in [0.29, 0.717) is 26.4 Å². The van der Waals surface area contributed by atoms with Crippen LogP contribution in [0.2, 0.25) is 0 Å². The zero-order valence-electron chi connectivity index (χ0n) is 12.7. The second-order valence-corrected chi connectivity index (χ2v) is 5.18. The first kappa shape index (κ1) is 15.9. The molecule has 116 valence electrons. The average Bonchev–Trinajstić information content (AvgIpc) is 2.79. The van der Waals surface area contributed by atoms with Crippen LogP contribution in [0.5, 0.6) is 0 Å². The van der Waals surface area contributed by atoms with Crippen LogP contribution >= 0.6 is 0 Å². The highest BCUT2D eigenvalue weighted by Gasteiger charge is 2.36. The summed E-state index contributed by atoms with van der Waals surface area (Å²) in [6.07, 6.45) is 0.893. The van der Waals surface area contributed by atoms with E-state index < -0.39 is 0 Å². The van der Waals surface area contributed by atoms with Crippen molar-refractivity contribution in [2.45, 2.75) is 25.6 Å². The average molecular weight is 292 g/mol. The first-order valence-electron chi connectivity index (χ1n) is 7.42. The molecule has 0 radical (unpaired) electrons. The number of amides is 1. The molecule has 1 aliphatic heterocycles. The van der Waals surface area contributed by atoms with Crippen LogP contribution < -0.4 is 5.32 Å². The summed E-state index contributed by atoms with van der Waals surface area (Å²) >= 11 is 0. The molecule has 21 heavy (non-hydrogen) atoms. The maximum Gasteiger partial charge on any atom is 0.245 e. The van der Waals surface area contributed by atoms with E-state index in [1.807, 2.05) is 42.2 Å². The summed E-state index contributed by atoms with van der Waals surface area (Å²) in [5.41, 5.74) is 1.02. The molecular weight excluding hydrogens is 268 g/mol. The minimum Gasteiger partial charge on any atom is -0.382 e. The smallest absolute Gasteiger partial charge is 0.245 e. The fourth-order valence-corrected chi connectivity index (χ4v) is 2.53. The van der Waals surface area contributed by atoms with E-state index in [0.717, 1.165) is 12.0 Å². The number of ether oxygens (including phenoxy) is 2. The molecule has 2 rings (SSSR count). The highest BCUT2D eigenvalue weighted by atomic mass is 16.5. The van der Waals surface area contributed by atoms with Gasteiger partial charge in [0.1, 0.15) is 6.04 Å². The van der Waals surface area contributed by atoms with Crippen molar-refractivity contribution in [1.29, 1.82) is 0 Å². The molecule has 0 bridgehead atoms. The van der Waals surface area contributed by atoms with Gasteiger partial charge in [0.25, 0.3) is 0 Å². The van der Waals surface area contributed by atoms with Crippen molar-refractivity contribution in [3.8, 4) is 0 Å². The third-order valence-corrected chi connectivity index (χ3v) is 3.66. The molecule has 5 heteroatoms. The fraction of sp³-hybridized carbons (Fsp3) is 0.562. The predicted molar refractivity (Wildman–Crippen MR) is 80.8 cm³/mol. The molecular formula is C16H24N2O3. The summed E-state index contributed by atoms with van der Waals surface area (Å²) in [6.45, 7) is 4.59. The van der Waals surface area contributed by atoms with Crippen LogP contribution in [0.4, 0.5) is 0 Å². The number of benzene rings is 1. The maximum absolute atomic E-state index is 12.5. The molecule has 1 aromatic rings. The molecule has 0 spiro atoms. The van der Waals surface area contributed by atoms with E-state index in [2.05, 4.69) is 5.32 Å². The standard InChI is InChI=1S/C16H24N2O3/c1-13-17-15(14-7-4-3-5-8-14)16(19)18(13)9-6-10-21-12-11-20-2/h3-5,7-8,13,15,17H,6,9-12H2,1-2H3. The monoisotopic (exact) mass is 292 g/mol. The fourth-order valence-electron chi connectivity index (χ4n) is 2.53. The molecule has 1 N–H and O–H groups in total. The lowest BCUT2D eigenvalue weighted by Gasteiger charge is -2.20. The van der Waals surface area contributed by atoms with Crippen molar-refractivity contribution >= 4 is 5.91 Å². The Balaban J connectivity index is 1.80. The van der Waals surface area contributed by atoms with Crippen LogP contribution in [0.1, 0.15) is 24.9 Å². The molecule has 1 aromatic carbocycles. The van der Waals surface area contributed by atoms with Gasteiger partial charge in [-0.1, -0.05) is 30.3 Å². The van der Waals surface area contributed by atoms with Gasteiger partial charge in [0.05, 0.1) is 19.4 Å². The molecule has 1 fully saturated rings. The first-order chi connectivity index (χ1) is 10.2. The van der Waals surface area contributed by atoms with Gasteiger partial charge in [-0.25, -0.2) is 0 Å². The minimum atomic E-state index is -0.226. The molecule has 1 saturated heterocycles. The van der Waals surface area contributed by atoms with E-state index in [4.69, 9.17) is 9.47 Å². The third kappa shape index (κ3) is 4.27. The molecule has 1 heterocycles. The van der Waals surface area contributed by atoms with Gasteiger partial charge in [-0.2, -0.15) is 0 Å². The van der Waals surface area contributed by atoms with E-state index in [1.54, 1.807) is 7.11 Å². The number of nitrogens with one attached hydrogen (secondary N) is 1. The lowest BCUT2D eigenvalue weighted by molar-refractivity contribution is -0.130. The van der Waals surface area contributed by atoms with Gasteiger partial charge in [0, 0.05) is 20.3 Å². The van der Waals surface area contributed by atoms with Crippen molar-refractivity contribution < 1.29 is 14.3 Å². The van der Waals surface area contributed by atoms with Crippen molar-refractivity contribution in [2.24, 2.45) is 0 Å². The number of carbonyl (C=O) groups is 1. The number of methoxy groups -OCH3 is 1. The Bertz CT molecular complexity index is 438. The Labute approximate surface area is 126 Å². The lowest BCUT2D eigenvalue weighted by Crippen LogP contribution is -2.35. The van der Waals surface area contributed by atoms with Crippen LogP contribution in [-0.2, 0) is 14.3 Å². The summed E-state index contributed by atoms with van der Waals surface area (Å²) in [7, 11) is 1.66. The summed E-state index contributed by atoms with van der Waals surface area (Å²) in [4.78, 5) is 14.4. The van der Waals surface area contributed by atoms with Gasteiger partial charge >= 0.3 is 0 Å². The number of rotatable bonds is 8. The molecule has 1 amide bonds. The van der Waals surface area contributed by atoms with Gasteiger partial charge in [0.2, 0.25) is 5.91 Å². The normalized spacial score (nSPS) is 22.0. The second kappa shape index (κ2) is 8.12. The van der Waals surface area contributed by atoms with Crippen LogP contribution in [0, 0.1) is 0 Å². The number of hydrogen-bond donors (Lipinski definition) is 1.